The van der Waals surface area contributed by atoms with E-state index in [0.29, 0.717) is 24.1 Å². The molecule has 2 heterocycles. The molecule has 1 N–H and O–H groups in total. The zero-order chi connectivity index (χ0) is 25.7. The van der Waals surface area contributed by atoms with Gasteiger partial charge in [0.15, 0.2) is 5.82 Å². The number of benzene rings is 2. The standard InChI is InChI=1S/C28H36N6O2/c1-6-36-26-17-22(34-15-13-20(2)14-16-34)11-12-23(26)30-28-29-18-25(32(4)19-35)27(31-28)33(5)24-10-8-7-9-21(24)3/h7-12,17-20H,6,13-16H2,1-5H3,(H,29,30,31). The van der Waals surface area contributed by atoms with E-state index in [1.165, 1.54) is 23.4 Å². The third-order valence-electron chi connectivity index (χ3n) is 6.74. The summed E-state index contributed by atoms with van der Waals surface area (Å²) in [5.41, 5.74) is 4.68. The normalized spacial score (nSPS) is 13.9. The molecular formula is C28H36N6O2. The Kier molecular flexibility index (Phi) is 7.93. The molecule has 0 unspecified atom stereocenters. The predicted molar refractivity (Wildman–Crippen MR) is 147 cm³/mol. The Morgan fingerprint density at radius 3 is 2.58 bits per heavy atom. The number of ether oxygens (including phenoxy) is 1. The van der Waals surface area contributed by atoms with E-state index >= 15 is 0 Å². The maximum absolute atomic E-state index is 11.6. The van der Waals surface area contributed by atoms with Crippen LogP contribution >= 0.6 is 0 Å². The number of piperidine rings is 1. The molecule has 0 bridgehead atoms. The second-order valence-electron chi connectivity index (χ2n) is 9.37. The molecule has 1 aromatic heterocycles. The van der Waals surface area contributed by atoms with Gasteiger partial charge in [-0.15, -0.1) is 0 Å². The molecule has 8 nitrogen and oxygen atoms in total. The van der Waals surface area contributed by atoms with Crippen molar-refractivity contribution in [2.24, 2.45) is 5.92 Å². The minimum Gasteiger partial charge on any atom is -0.492 e. The molecule has 2 aromatic carbocycles. The molecule has 0 spiro atoms. The fourth-order valence-electron chi connectivity index (χ4n) is 4.51. The Bertz CT molecular complexity index is 1190. The molecule has 190 valence electrons. The van der Waals surface area contributed by atoms with Crippen LogP contribution in [0.5, 0.6) is 5.75 Å². The molecule has 36 heavy (non-hydrogen) atoms. The van der Waals surface area contributed by atoms with Gasteiger partial charge in [0.25, 0.3) is 0 Å². The Labute approximate surface area is 213 Å². The molecule has 1 aliphatic heterocycles. The van der Waals surface area contributed by atoms with Crippen LogP contribution in [0.15, 0.2) is 48.7 Å². The van der Waals surface area contributed by atoms with E-state index in [4.69, 9.17) is 9.72 Å². The highest BCUT2D eigenvalue weighted by molar-refractivity contribution is 5.84. The summed E-state index contributed by atoms with van der Waals surface area (Å²) in [5, 5.41) is 3.34. The number of nitrogens with zero attached hydrogens (tertiary/aromatic N) is 5. The van der Waals surface area contributed by atoms with Crippen molar-refractivity contribution in [3.8, 4) is 5.75 Å². The number of carbonyl (C=O) groups is 1. The lowest BCUT2D eigenvalue weighted by molar-refractivity contribution is -0.107. The van der Waals surface area contributed by atoms with Gasteiger partial charge in [-0.05, 0) is 56.4 Å². The number of hydrogen-bond acceptors (Lipinski definition) is 7. The molecule has 1 aliphatic rings. The van der Waals surface area contributed by atoms with Crippen LogP contribution in [-0.4, -0.2) is 50.2 Å². The van der Waals surface area contributed by atoms with Crippen LogP contribution in [-0.2, 0) is 4.79 Å². The molecule has 1 fully saturated rings. The van der Waals surface area contributed by atoms with E-state index in [1.54, 1.807) is 13.2 Å². The first-order valence-electron chi connectivity index (χ1n) is 12.5. The topological polar surface area (TPSA) is 73.8 Å². The zero-order valence-electron chi connectivity index (χ0n) is 21.9. The Morgan fingerprint density at radius 1 is 1.14 bits per heavy atom. The summed E-state index contributed by atoms with van der Waals surface area (Å²) in [6.45, 7) is 9.02. The highest BCUT2D eigenvalue weighted by Crippen LogP contribution is 2.36. The van der Waals surface area contributed by atoms with Gasteiger partial charge in [0.2, 0.25) is 12.4 Å². The Morgan fingerprint density at radius 2 is 1.89 bits per heavy atom. The van der Waals surface area contributed by atoms with Gasteiger partial charge in [-0.25, -0.2) is 4.98 Å². The van der Waals surface area contributed by atoms with E-state index in [9.17, 15) is 4.79 Å². The summed E-state index contributed by atoms with van der Waals surface area (Å²) < 4.78 is 5.99. The average Bonchev–Trinajstić information content (AvgIpc) is 2.89. The summed E-state index contributed by atoms with van der Waals surface area (Å²) >= 11 is 0. The van der Waals surface area contributed by atoms with E-state index in [0.717, 1.165) is 48.1 Å². The van der Waals surface area contributed by atoms with Crippen molar-refractivity contribution < 1.29 is 9.53 Å². The van der Waals surface area contributed by atoms with Gasteiger partial charge >= 0.3 is 0 Å². The molecule has 0 saturated carbocycles. The summed E-state index contributed by atoms with van der Waals surface area (Å²) in [6.07, 6.45) is 4.83. The van der Waals surface area contributed by atoms with Crippen molar-refractivity contribution in [2.75, 3.05) is 53.8 Å². The van der Waals surface area contributed by atoms with Gasteiger partial charge < -0.3 is 24.8 Å². The van der Waals surface area contributed by atoms with Gasteiger partial charge in [-0.1, -0.05) is 25.1 Å². The van der Waals surface area contributed by atoms with Crippen molar-refractivity contribution >= 4 is 40.9 Å². The average molecular weight is 489 g/mol. The first-order valence-corrected chi connectivity index (χ1v) is 12.5. The second kappa shape index (κ2) is 11.3. The molecule has 1 saturated heterocycles. The quantitative estimate of drug-likeness (QED) is 0.397. The largest absolute Gasteiger partial charge is 0.492 e. The van der Waals surface area contributed by atoms with Gasteiger partial charge in [0.05, 0.1) is 18.5 Å². The van der Waals surface area contributed by atoms with Gasteiger partial charge in [0, 0.05) is 44.6 Å². The summed E-state index contributed by atoms with van der Waals surface area (Å²) in [7, 11) is 3.64. The highest BCUT2D eigenvalue weighted by atomic mass is 16.5. The van der Waals surface area contributed by atoms with E-state index < -0.39 is 0 Å². The van der Waals surface area contributed by atoms with Crippen molar-refractivity contribution in [3.05, 3.63) is 54.2 Å². The number of para-hydroxylation sites is 1. The zero-order valence-corrected chi connectivity index (χ0v) is 21.9. The number of anilines is 6. The first-order chi connectivity index (χ1) is 17.4. The van der Waals surface area contributed by atoms with Crippen LogP contribution in [0.3, 0.4) is 0 Å². The number of carbonyl (C=O) groups excluding carboxylic acids is 1. The molecule has 0 aliphatic carbocycles. The Hall–Kier alpha value is -3.81. The SMILES string of the molecule is CCOc1cc(N2CCC(C)CC2)ccc1Nc1ncc(N(C)C=O)c(N(C)c2ccccc2C)n1. The lowest BCUT2D eigenvalue weighted by Crippen LogP contribution is -2.32. The van der Waals surface area contributed by atoms with Crippen LogP contribution in [0.1, 0.15) is 32.3 Å². The van der Waals surface area contributed by atoms with Gasteiger partial charge in [-0.2, -0.15) is 4.98 Å². The van der Waals surface area contributed by atoms with Crippen molar-refractivity contribution in [2.45, 2.75) is 33.6 Å². The molecule has 8 heteroatoms. The predicted octanol–water partition coefficient (Wildman–Crippen LogP) is 5.52. The third kappa shape index (κ3) is 5.53. The van der Waals surface area contributed by atoms with Crippen molar-refractivity contribution in [3.63, 3.8) is 0 Å². The second-order valence-corrected chi connectivity index (χ2v) is 9.37. The van der Waals surface area contributed by atoms with E-state index in [1.807, 2.05) is 56.1 Å². The molecule has 1 amide bonds. The fraction of sp³-hybridized carbons (Fsp3) is 0.393. The first kappa shape index (κ1) is 25.3. The Balaban J connectivity index is 1.66. The minimum atomic E-state index is 0.425. The number of hydrogen-bond donors (Lipinski definition) is 1. The third-order valence-corrected chi connectivity index (χ3v) is 6.74. The van der Waals surface area contributed by atoms with E-state index in [2.05, 4.69) is 34.3 Å². The van der Waals surface area contributed by atoms with Crippen molar-refractivity contribution in [1.82, 2.24) is 9.97 Å². The van der Waals surface area contributed by atoms with Crippen LogP contribution in [0.25, 0.3) is 0 Å². The number of aromatic nitrogens is 2. The molecule has 0 radical (unpaired) electrons. The molecule has 3 aromatic rings. The number of nitrogens with one attached hydrogen (secondary N) is 1. The lowest BCUT2D eigenvalue weighted by atomic mass is 9.99. The maximum Gasteiger partial charge on any atom is 0.229 e. The van der Waals surface area contributed by atoms with Crippen molar-refractivity contribution in [1.29, 1.82) is 0 Å². The highest BCUT2D eigenvalue weighted by Gasteiger charge is 2.20. The number of amides is 1. The monoisotopic (exact) mass is 488 g/mol. The summed E-state index contributed by atoms with van der Waals surface area (Å²) in [4.78, 5) is 26.8. The van der Waals surface area contributed by atoms with E-state index in [-0.39, 0.29) is 0 Å². The van der Waals surface area contributed by atoms with Crippen LogP contribution in [0, 0.1) is 12.8 Å². The fourth-order valence-corrected chi connectivity index (χ4v) is 4.51. The molecular weight excluding hydrogens is 452 g/mol. The van der Waals surface area contributed by atoms with Gasteiger partial charge in [0.1, 0.15) is 11.4 Å². The smallest absolute Gasteiger partial charge is 0.229 e. The number of rotatable bonds is 9. The molecule has 0 atom stereocenters. The van der Waals surface area contributed by atoms with Crippen LogP contribution in [0.4, 0.5) is 34.5 Å². The minimum absolute atomic E-state index is 0.425. The van der Waals surface area contributed by atoms with Gasteiger partial charge in [-0.3, -0.25) is 4.79 Å². The van der Waals surface area contributed by atoms with Crippen LogP contribution in [0.2, 0.25) is 0 Å². The maximum atomic E-state index is 11.6. The summed E-state index contributed by atoms with van der Waals surface area (Å²) in [6, 6.07) is 14.3. The lowest BCUT2D eigenvalue weighted by Gasteiger charge is -2.32. The van der Waals surface area contributed by atoms with Crippen LogP contribution < -0.4 is 24.8 Å². The summed E-state index contributed by atoms with van der Waals surface area (Å²) in [5.74, 6) is 2.58. The molecule has 4 rings (SSSR count). The number of aryl methyl sites for hydroxylation is 1.